The van der Waals surface area contributed by atoms with E-state index in [0.717, 1.165) is 41.4 Å². The van der Waals surface area contributed by atoms with Crippen molar-refractivity contribution in [2.45, 2.75) is 71.8 Å². The van der Waals surface area contributed by atoms with Gasteiger partial charge in [-0.2, -0.15) is 0 Å². The lowest BCUT2D eigenvalue weighted by molar-refractivity contribution is -0.117. The average Bonchev–Trinajstić information content (AvgIpc) is 3.20. The third kappa shape index (κ3) is 2.91. The molecule has 140 valence electrons. The summed E-state index contributed by atoms with van der Waals surface area (Å²) in [7, 11) is 0. The molecular formula is C21H30N4O. The summed E-state index contributed by atoms with van der Waals surface area (Å²) in [4.78, 5) is 22.0. The molecule has 2 aromatic heterocycles. The van der Waals surface area contributed by atoms with E-state index in [9.17, 15) is 4.79 Å². The van der Waals surface area contributed by atoms with E-state index in [1.165, 1.54) is 32.1 Å². The van der Waals surface area contributed by atoms with Gasteiger partial charge < -0.3 is 0 Å². The van der Waals surface area contributed by atoms with Gasteiger partial charge in [0.05, 0.1) is 0 Å². The molecule has 5 heteroatoms. The molecule has 0 aromatic carbocycles. The Bertz CT molecular complexity index is 823. The molecule has 3 aliphatic rings. The van der Waals surface area contributed by atoms with Crippen LogP contribution in [-0.2, 0) is 4.79 Å². The van der Waals surface area contributed by atoms with Crippen molar-refractivity contribution in [3.05, 3.63) is 17.8 Å². The molecule has 3 atom stereocenters. The predicted molar refractivity (Wildman–Crippen MR) is 104 cm³/mol. The highest BCUT2D eigenvalue weighted by molar-refractivity contribution is 5.91. The first-order chi connectivity index (χ1) is 12.2. The molecule has 26 heavy (non-hydrogen) atoms. The molecule has 0 saturated heterocycles. The molecular weight excluding hydrogens is 324 g/mol. The topological polar surface area (TPSA) is 59.8 Å². The smallest absolute Gasteiger partial charge is 0.226 e. The predicted octanol–water partition coefficient (Wildman–Crippen LogP) is 4.87. The minimum Gasteiger partial charge on any atom is -0.296 e. The molecule has 0 spiro atoms. The van der Waals surface area contributed by atoms with Crippen LogP contribution in [0.4, 0.5) is 5.95 Å². The summed E-state index contributed by atoms with van der Waals surface area (Å²) in [6, 6.07) is 2.49. The van der Waals surface area contributed by atoms with Crippen LogP contribution in [-0.4, -0.2) is 20.4 Å². The third-order valence-electron chi connectivity index (χ3n) is 6.69. The highest BCUT2D eigenvalue weighted by Gasteiger charge is 2.40. The quantitative estimate of drug-likeness (QED) is 0.852. The van der Waals surface area contributed by atoms with Crippen LogP contribution in [0.25, 0.3) is 11.2 Å². The van der Waals surface area contributed by atoms with Crippen molar-refractivity contribution in [3.63, 3.8) is 0 Å². The molecule has 3 saturated carbocycles. The number of aromatic nitrogens is 3. The van der Waals surface area contributed by atoms with Gasteiger partial charge in [-0.1, -0.05) is 13.8 Å². The van der Waals surface area contributed by atoms with Gasteiger partial charge in [0.25, 0.3) is 0 Å². The number of amides is 1. The van der Waals surface area contributed by atoms with Crippen LogP contribution in [0, 0.1) is 24.7 Å². The van der Waals surface area contributed by atoms with E-state index in [1.54, 1.807) is 0 Å². The van der Waals surface area contributed by atoms with Crippen molar-refractivity contribution in [3.8, 4) is 0 Å². The molecule has 0 aliphatic heterocycles. The van der Waals surface area contributed by atoms with Gasteiger partial charge in [-0.25, -0.2) is 9.97 Å². The summed E-state index contributed by atoms with van der Waals surface area (Å²) in [5.74, 6) is 3.08. The average molecular weight is 354 g/mol. The first-order valence-electron chi connectivity index (χ1n) is 9.82. The van der Waals surface area contributed by atoms with E-state index in [4.69, 9.17) is 4.98 Å². The maximum absolute atomic E-state index is 12.7. The zero-order valence-electron chi connectivity index (χ0n) is 14.9. The second kappa shape index (κ2) is 6.67. The summed E-state index contributed by atoms with van der Waals surface area (Å²) in [5.41, 5.74) is 2.90. The van der Waals surface area contributed by atoms with E-state index < -0.39 is 0 Å². The van der Waals surface area contributed by atoms with Crippen molar-refractivity contribution in [2.24, 2.45) is 17.8 Å². The lowest BCUT2D eigenvalue weighted by atomic mass is 9.86. The van der Waals surface area contributed by atoms with Crippen LogP contribution in [0.5, 0.6) is 0 Å². The van der Waals surface area contributed by atoms with Crippen molar-refractivity contribution in [2.75, 3.05) is 5.32 Å². The molecule has 0 radical (unpaired) electrons. The van der Waals surface area contributed by atoms with Gasteiger partial charge in [0, 0.05) is 18.7 Å². The van der Waals surface area contributed by atoms with E-state index in [-0.39, 0.29) is 13.3 Å². The van der Waals surface area contributed by atoms with Crippen LogP contribution in [0.1, 0.15) is 70.4 Å². The van der Waals surface area contributed by atoms with Gasteiger partial charge in [-0.3, -0.25) is 14.7 Å². The number of hydrogen-bond acceptors (Lipinski definition) is 3. The Kier molecular flexibility index (Phi) is 4.49. The van der Waals surface area contributed by atoms with Gasteiger partial charge in [0.2, 0.25) is 11.9 Å². The number of imidazole rings is 1. The minimum atomic E-state index is 0. The molecule has 3 unspecified atom stereocenters. The number of hydrogen-bond donors (Lipinski definition) is 1. The Morgan fingerprint density at radius 3 is 2.77 bits per heavy atom. The Labute approximate surface area is 155 Å². The normalized spacial score (nSPS) is 27.3. The van der Waals surface area contributed by atoms with Crippen molar-refractivity contribution in [1.82, 2.24) is 14.5 Å². The summed E-state index contributed by atoms with van der Waals surface area (Å²) in [5, 5.41) is 3.13. The number of anilines is 1. The number of carbonyl (C=O) groups excluding carboxylic acids is 1. The van der Waals surface area contributed by atoms with Gasteiger partial charge in [0.15, 0.2) is 5.65 Å². The molecule has 1 amide bonds. The zero-order chi connectivity index (χ0) is 17.0. The number of carbonyl (C=O) groups is 1. The SMILES string of the molecule is C.Cc1cnc2c(c1)nc(NC(=O)CC1CC3CCC1C3)n2C1CCC1. The van der Waals surface area contributed by atoms with Crippen molar-refractivity contribution >= 4 is 23.0 Å². The molecule has 1 N–H and O–H groups in total. The molecule has 3 fully saturated rings. The first kappa shape index (κ1) is 17.5. The minimum absolute atomic E-state index is 0. The van der Waals surface area contributed by atoms with Crippen molar-refractivity contribution in [1.29, 1.82) is 0 Å². The largest absolute Gasteiger partial charge is 0.296 e. The summed E-state index contributed by atoms with van der Waals surface area (Å²) < 4.78 is 2.16. The maximum Gasteiger partial charge on any atom is 0.226 e. The second-order valence-electron chi connectivity index (χ2n) is 8.43. The first-order valence-corrected chi connectivity index (χ1v) is 9.82. The van der Waals surface area contributed by atoms with Crippen LogP contribution >= 0.6 is 0 Å². The third-order valence-corrected chi connectivity index (χ3v) is 6.69. The number of nitrogens with zero attached hydrogens (tertiary/aromatic N) is 3. The summed E-state index contributed by atoms with van der Waals surface area (Å²) >= 11 is 0. The fraction of sp³-hybridized carbons (Fsp3) is 0.667. The molecule has 3 aliphatic carbocycles. The summed E-state index contributed by atoms with van der Waals surface area (Å²) in [6.45, 7) is 2.03. The Morgan fingerprint density at radius 2 is 2.12 bits per heavy atom. The van der Waals surface area contributed by atoms with Crippen LogP contribution in [0.3, 0.4) is 0 Å². The fourth-order valence-electron chi connectivity index (χ4n) is 5.20. The molecule has 2 aromatic rings. The lowest BCUT2D eigenvalue weighted by Crippen LogP contribution is -2.24. The lowest BCUT2D eigenvalue weighted by Gasteiger charge is -2.28. The molecule has 2 bridgehead atoms. The Balaban J connectivity index is 0.00000168. The van der Waals surface area contributed by atoms with Gasteiger partial charge in [-0.05, 0) is 74.8 Å². The van der Waals surface area contributed by atoms with Crippen LogP contribution < -0.4 is 5.32 Å². The monoisotopic (exact) mass is 354 g/mol. The van der Waals surface area contributed by atoms with E-state index in [1.807, 2.05) is 13.1 Å². The van der Waals surface area contributed by atoms with Gasteiger partial charge in [0.1, 0.15) is 5.52 Å². The maximum atomic E-state index is 12.7. The number of pyridine rings is 1. The van der Waals surface area contributed by atoms with Gasteiger partial charge in [-0.15, -0.1) is 0 Å². The van der Waals surface area contributed by atoms with E-state index in [0.29, 0.717) is 24.3 Å². The number of aryl methyl sites for hydroxylation is 1. The molecule has 5 nitrogen and oxygen atoms in total. The van der Waals surface area contributed by atoms with Crippen LogP contribution in [0.15, 0.2) is 12.3 Å². The summed E-state index contributed by atoms with van der Waals surface area (Å²) in [6.07, 6.45) is 11.4. The fourth-order valence-corrected chi connectivity index (χ4v) is 5.20. The highest BCUT2D eigenvalue weighted by Crippen LogP contribution is 2.49. The van der Waals surface area contributed by atoms with E-state index >= 15 is 0 Å². The number of nitrogens with one attached hydrogen (secondary N) is 1. The number of rotatable bonds is 4. The highest BCUT2D eigenvalue weighted by atomic mass is 16.1. The van der Waals surface area contributed by atoms with Crippen molar-refractivity contribution < 1.29 is 4.79 Å². The Hall–Kier alpha value is -1.91. The standard InChI is InChI=1S/C20H26N4O.CH4/c1-12-7-17-19(21-11-12)24(16-3-2-4-16)20(22-17)23-18(25)10-15-9-13-5-6-14(15)8-13;/h7,11,13-16H,2-6,8-10H2,1H3,(H,22,23,25);1H4. The van der Waals surface area contributed by atoms with Gasteiger partial charge >= 0.3 is 0 Å². The zero-order valence-corrected chi connectivity index (χ0v) is 14.9. The second-order valence-corrected chi connectivity index (χ2v) is 8.43. The number of fused-ring (bicyclic) bond motifs is 3. The molecule has 2 heterocycles. The van der Waals surface area contributed by atoms with Crippen LogP contribution in [0.2, 0.25) is 0 Å². The van der Waals surface area contributed by atoms with E-state index in [2.05, 4.69) is 20.9 Å². The Morgan fingerprint density at radius 1 is 1.27 bits per heavy atom. The molecule has 5 rings (SSSR count).